The first kappa shape index (κ1) is 15.1. The highest BCUT2D eigenvalue weighted by atomic mass is 19.1. The van der Waals surface area contributed by atoms with E-state index >= 15 is 0 Å². The molecular weight excluding hydrogens is 251 g/mol. The van der Waals surface area contributed by atoms with E-state index in [4.69, 9.17) is 5.11 Å². The maximum absolute atomic E-state index is 12.7. The number of amides is 1. The van der Waals surface area contributed by atoms with Gasteiger partial charge in [0.05, 0.1) is 6.54 Å². The van der Waals surface area contributed by atoms with Crippen molar-refractivity contribution in [3.8, 4) is 0 Å². The van der Waals surface area contributed by atoms with Crippen molar-refractivity contribution < 1.29 is 19.1 Å². The fraction of sp³-hybridized carbons (Fsp3) is 0.385. The van der Waals surface area contributed by atoms with Crippen LogP contribution in [0.5, 0.6) is 0 Å². The molecule has 1 aromatic carbocycles. The summed E-state index contributed by atoms with van der Waals surface area (Å²) in [6, 6.07) is 5.51. The van der Waals surface area contributed by atoms with Gasteiger partial charge in [-0.2, -0.15) is 0 Å². The van der Waals surface area contributed by atoms with Crippen LogP contribution in [0.1, 0.15) is 12.8 Å². The normalized spacial score (nSPS) is 10.5. The van der Waals surface area contributed by atoms with Crippen LogP contribution in [-0.4, -0.2) is 42.0 Å². The van der Waals surface area contributed by atoms with E-state index < -0.39 is 5.97 Å². The zero-order valence-electron chi connectivity index (χ0n) is 10.7. The smallest absolute Gasteiger partial charge is 0.303 e. The summed E-state index contributed by atoms with van der Waals surface area (Å²) in [4.78, 5) is 23.7. The topological polar surface area (TPSA) is 69.6 Å². The molecule has 1 rings (SSSR count). The lowest BCUT2D eigenvalue weighted by atomic mass is 10.3. The van der Waals surface area contributed by atoms with Gasteiger partial charge < -0.3 is 10.4 Å². The van der Waals surface area contributed by atoms with Crippen molar-refractivity contribution in [2.45, 2.75) is 12.8 Å². The largest absolute Gasteiger partial charge is 0.481 e. The molecule has 0 radical (unpaired) electrons. The number of likely N-dealkylation sites (N-methyl/N-ethyl adjacent to an activating group) is 1. The summed E-state index contributed by atoms with van der Waals surface area (Å²) >= 11 is 0. The van der Waals surface area contributed by atoms with Gasteiger partial charge in [0.2, 0.25) is 5.91 Å². The molecule has 1 aromatic rings. The van der Waals surface area contributed by atoms with Crippen LogP contribution in [0.4, 0.5) is 10.1 Å². The van der Waals surface area contributed by atoms with Gasteiger partial charge in [-0.15, -0.1) is 0 Å². The lowest BCUT2D eigenvalue weighted by Gasteiger charge is -2.15. The van der Waals surface area contributed by atoms with Crippen LogP contribution in [0.15, 0.2) is 24.3 Å². The van der Waals surface area contributed by atoms with Gasteiger partial charge in [-0.1, -0.05) is 0 Å². The van der Waals surface area contributed by atoms with Crippen molar-refractivity contribution in [2.24, 2.45) is 0 Å². The zero-order chi connectivity index (χ0) is 14.3. The molecular formula is C13H17FN2O3. The summed E-state index contributed by atoms with van der Waals surface area (Å²) in [6.45, 7) is 0.695. The number of hydrogen-bond acceptors (Lipinski definition) is 3. The van der Waals surface area contributed by atoms with Crippen molar-refractivity contribution in [1.82, 2.24) is 4.90 Å². The SMILES string of the molecule is CN(CCCC(=O)O)CC(=O)Nc1ccc(F)cc1. The maximum Gasteiger partial charge on any atom is 0.303 e. The molecule has 104 valence electrons. The first-order chi connectivity index (χ1) is 8.97. The molecule has 0 aliphatic rings. The number of halogens is 1. The van der Waals surface area contributed by atoms with E-state index in [9.17, 15) is 14.0 Å². The van der Waals surface area contributed by atoms with Crippen LogP contribution >= 0.6 is 0 Å². The molecule has 5 nitrogen and oxygen atoms in total. The molecule has 19 heavy (non-hydrogen) atoms. The first-order valence-corrected chi connectivity index (χ1v) is 5.93. The van der Waals surface area contributed by atoms with Crippen molar-refractivity contribution in [3.63, 3.8) is 0 Å². The Balaban J connectivity index is 2.30. The maximum atomic E-state index is 12.7. The van der Waals surface area contributed by atoms with Crippen molar-refractivity contribution in [3.05, 3.63) is 30.1 Å². The van der Waals surface area contributed by atoms with Gasteiger partial charge in [-0.25, -0.2) is 4.39 Å². The molecule has 0 saturated carbocycles. The highest BCUT2D eigenvalue weighted by Gasteiger charge is 2.07. The van der Waals surface area contributed by atoms with E-state index in [1.165, 1.54) is 24.3 Å². The number of nitrogens with zero attached hydrogens (tertiary/aromatic N) is 1. The first-order valence-electron chi connectivity index (χ1n) is 5.93. The van der Waals surface area contributed by atoms with E-state index in [1.807, 2.05) is 0 Å². The molecule has 0 aromatic heterocycles. The number of rotatable bonds is 7. The quantitative estimate of drug-likeness (QED) is 0.787. The minimum atomic E-state index is -0.843. The summed E-state index contributed by atoms with van der Waals surface area (Å²) < 4.78 is 12.7. The lowest BCUT2D eigenvalue weighted by Crippen LogP contribution is -2.31. The molecule has 6 heteroatoms. The lowest BCUT2D eigenvalue weighted by molar-refractivity contribution is -0.137. The fourth-order valence-electron chi connectivity index (χ4n) is 1.56. The Bertz CT molecular complexity index is 434. The zero-order valence-corrected chi connectivity index (χ0v) is 10.7. The van der Waals surface area contributed by atoms with Crippen LogP contribution in [-0.2, 0) is 9.59 Å². The minimum absolute atomic E-state index is 0.0872. The highest BCUT2D eigenvalue weighted by molar-refractivity contribution is 5.92. The van der Waals surface area contributed by atoms with Crippen LogP contribution in [0.2, 0.25) is 0 Å². The van der Waals surface area contributed by atoms with E-state index in [0.29, 0.717) is 18.7 Å². The van der Waals surface area contributed by atoms with Gasteiger partial charge in [-0.05, 0) is 44.3 Å². The van der Waals surface area contributed by atoms with Crippen LogP contribution in [0, 0.1) is 5.82 Å². The Kier molecular flexibility index (Phi) is 5.95. The van der Waals surface area contributed by atoms with Gasteiger partial charge in [-0.3, -0.25) is 14.5 Å². The Hall–Kier alpha value is -1.95. The number of carbonyl (C=O) groups excluding carboxylic acids is 1. The highest BCUT2D eigenvalue weighted by Crippen LogP contribution is 2.08. The molecule has 0 unspecified atom stereocenters. The Morgan fingerprint density at radius 3 is 2.53 bits per heavy atom. The van der Waals surface area contributed by atoms with Crippen molar-refractivity contribution in [1.29, 1.82) is 0 Å². The monoisotopic (exact) mass is 268 g/mol. The van der Waals surface area contributed by atoms with E-state index in [0.717, 1.165) is 0 Å². The molecule has 1 amide bonds. The number of anilines is 1. The van der Waals surface area contributed by atoms with Gasteiger partial charge >= 0.3 is 5.97 Å². The average molecular weight is 268 g/mol. The standard InChI is InChI=1S/C13H17FN2O3/c1-16(8-2-3-13(18)19)9-12(17)15-11-6-4-10(14)5-7-11/h4-7H,2-3,8-9H2,1H3,(H,15,17)(H,18,19). The third-order valence-electron chi connectivity index (χ3n) is 2.47. The second kappa shape index (κ2) is 7.48. The molecule has 0 bridgehead atoms. The summed E-state index contributed by atoms with van der Waals surface area (Å²) in [7, 11) is 1.74. The van der Waals surface area contributed by atoms with E-state index in [-0.39, 0.29) is 24.7 Å². The number of carbonyl (C=O) groups is 2. The summed E-state index contributed by atoms with van der Waals surface area (Å²) in [6.07, 6.45) is 0.583. The van der Waals surface area contributed by atoms with Gasteiger partial charge in [0.15, 0.2) is 0 Å². The van der Waals surface area contributed by atoms with Crippen LogP contribution in [0.3, 0.4) is 0 Å². The molecule has 0 fully saturated rings. The number of carboxylic acid groups (broad SMARTS) is 1. The summed E-state index contributed by atoms with van der Waals surface area (Å²) in [5.74, 6) is -1.42. The van der Waals surface area contributed by atoms with Gasteiger partial charge in [0.1, 0.15) is 5.82 Å². The molecule has 0 atom stereocenters. The Morgan fingerprint density at radius 1 is 1.32 bits per heavy atom. The number of hydrogen-bond donors (Lipinski definition) is 2. The van der Waals surface area contributed by atoms with Crippen LogP contribution in [0.25, 0.3) is 0 Å². The Morgan fingerprint density at radius 2 is 1.95 bits per heavy atom. The summed E-state index contributed by atoms with van der Waals surface area (Å²) in [5, 5.41) is 11.1. The number of carboxylic acids is 1. The second-order valence-electron chi connectivity index (χ2n) is 4.29. The molecule has 0 heterocycles. The molecule has 0 spiro atoms. The molecule has 0 saturated heterocycles. The van der Waals surface area contributed by atoms with E-state index in [1.54, 1.807) is 11.9 Å². The predicted molar refractivity (Wildman–Crippen MR) is 69.4 cm³/mol. The minimum Gasteiger partial charge on any atom is -0.481 e. The molecule has 2 N–H and O–H groups in total. The number of benzene rings is 1. The third-order valence-corrected chi connectivity index (χ3v) is 2.47. The third kappa shape index (κ3) is 6.52. The Labute approximate surface area is 111 Å². The van der Waals surface area contributed by atoms with Crippen molar-refractivity contribution >= 4 is 17.6 Å². The van der Waals surface area contributed by atoms with Crippen LogP contribution < -0.4 is 5.32 Å². The molecule has 0 aliphatic carbocycles. The predicted octanol–water partition coefficient (Wildman–Crippen LogP) is 1.56. The summed E-state index contributed by atoms with van der Waals surface area (Å²) in [5.41, 5.74) is 0.533. The van der Waals surface area contributed by atoms with Crippen molar-refractivity contribution in [2.75, 3.05) is 25.5 Å². The number of aliphatic carboxylic acids is 1. The van der Waals surface area contributed by atoms with E-state index in [2.05, 4.69) is 5.32 Å². The van der Waals surface area contributed by atoms with Gasteiger partial charge in [0.25, 0.3) is 0 Å². The average Bonchev–Trinajstić information content (AvgIpc) is 2.31. The second-order valence-corrected chi connectivity index (χ2v) is 4.29. The fourth-order valence-corrected chi connectivity index (χ4v) is 1.56. The number of nitrogens with one attached hydrogen (secondary N) is 1. The molecule has 0 aliphatic heterocycles. The van der Waals surface area contributed by atoms with Gasteiger partial charge in [0, 0.05) is 12.1 Å².